The molecule has 2 aromatic carbocycles. The Kier molecular flexibility index (Phi) is 4.53. The van der Waals surface area contributed by atoms with Crippen molar-refractivity contribution < 1.29 is 4.79 Å². The van der Waals surface area contributed by atoms with Gasteiger partial charge in [-0.1, -0.05) is 12.1 Å². The minimum absolute atomic E-state index is 0.0955. The van der Waals surface area contributed by atoms with E-state index in [1.165, 1.54) is 6.33 Å². The van der Waals surface area contributed by atoms with Crippen molar-refractivity contribution in [2.75, 3.05) is 0 Å². The fraction of sp³-hybridized carbons (Fsp3) is 0.0952. The molecule has 0 spiro atoms. The summed E-state index contributed by atoms with van der Waals surface area (Å²) >= 11 is 0. The summed E-state index contributed by atoms with van der Waals surface area (Å²) in [6.45, 7) is 1.97. The van der Waals surface area contributed by atoms with Crippen LogP contribution in [0.15, 0.2) is 85.7 Å². The molecule has 4 aromatic rings. The minimum atomic E-state index is -0.105. The van der Waals surface area contributed by atoms with Crippen LogP contribution in [-0.4, -0.2) is 25.2 Å². The van der Waals surface area contributed by atoms with Crippen molar-refractivity contribution in [1.29, 1.82) is 0 Å². The van der Waals surface area contributed by atoms with Crippen LogP contribution in [0.3, 0.4) is 0 Å². The Morgan fingerprint density at radius 1 is 0.963 bits per heavy atom. The average Bonchev–Trinajstić information content (AvgIpc) is 3.42. The lowest BCUT2D eigenvalue weighted by Crippen LogP contribution is -2.26. The lowest BCUT2D eigenvalue weighted by molar-refractivity contribution is 0.0940. The van der Waals surface area contributed by atoms with Crippen LogP contribution in [0, 0.1) is 0 Å². The van der Waals surface area contributed by atoms with Crippen molar-refractivity contribution in [2.24, 2.45) is 0 Å². The first-order valence-corrected chi connectivity index (χ1v) is 8.70. The monoisotopic (exact) mass is 357 g/mol. The molecule has 2 heterocycles. The Labute approximate surface area is 157 Å². The van der Waals surface area contributed by atoms with Gasteiger partial charge in [0.1, 0.15) is 12.7 Å². The first-order valence-electron chi connectivity index (χ1n) is 8.70. The molecule has 1 atom stereocenters. The van der Waals surface area contributed by atoms with Gasteiger partial charge in [0.25, 0.3) is 5.91 Å². The Morgan fingerprint density at radius 3 is 2.26 bits per heavy atom. The van der Waals surface area contributed by atoms with Gasteiger partial charge in [-0.25, -0.2) is 9.67 Å². The second-order valence-corrected chi connectivity index (χ2v) is 6.26. The summed E-state index contributed by atoms with van der Waals surface area (Å²) in [4.78, 5) is 16.5. The lowest BCUT2D eigenvalue weighted by Gasteiger charge is -2.15. The summed E-state index contributed by atoms with van der Waals surface area (Å²) in [5.41, 5.74) is 3.61. The van der Waals surface area contributed by atoms with Crippen LogP contribution in [0.4, 0.5) is 0 Å². The van der Waals surface area contributed by atoms with E-state index in [0.29, 0.717) is 5.56 Å². The van der Waals surface area contributed by atoms with E-state index < -0.39 is 0 Å². The molecule has 134 valence electrons. The van der Waals surface area contributed by atoms with Gasteiger partial charge in [-0.3, -0.25) is 4.79 Å². The molecule has 0 saturated heterocycles. The molecule has 0 saturated carbocycles. The van der Waals surface area contributed by atoms with Gasteiger partial charge in [-0.2, -0.15) is 5.10 Å². The highest BCUT2D eigenvalue weighted by Crippen LogP contribution is 2.16. The van der Waals surface area contributed by atoms with Gasteiger partial charge in [-0.05, 0) is 61.0 Å². The number of carbonyl (C=O) groups is 1. The smallest absolute Gasteiger partial charge is 0.251 e. The number of amides is 1. The Hall–Kier alpha value is -3.67. The van der Waals surface area contributed by atoms with Crippen LogP contribution < -0.4 is 5.32 Å². The third-order valence-corrected chi connectivity index (χ3v) is 4.46. The maximum atomic E-state index is 12.5. The molecule has 0 radical (unpaired) electrons. The second-order valence-electron chi connectivity index (χ2n) is 6.26. The summed E-state index contributed by atoms with van der Waals surface area (Å²) in [6, 6.07) is 19.3. The Balaban J connectivity index is 1.43. The molecule has 0 aliphatic rings. The molecule has 1 amide bonds. The Morgan fingerprint density at radius 2 is 1.63 bits per heavy atom. The number of aromatic nitrogens is 4. The SMILES string of the molecule is C[C@@H](NC(=O)c1ccc(-n2cccc2)cc1)c1ccc(-n2cncn2)cc1. The topological polar surface area (TPSA) is 64.7 Å². The van der Waals surface area contributed by atoms with Gasteiger partial charge in [-0.15, -0.1) is 0 Å². The maximum absolute atomic E-state index is 12.5. The van der Waals surface area contributed by atoms with E-state index in [9.17, 15) is 4.79 Å². The Bertz CT molecular complexity index is 1000. The van der Waals surface area contributed by atoms with Crippen LogP contribution in [0.5, 0.6) is 0 Å². The molecule has 1 N–H and O–H groups in total. The normalized spacial score (nSPS) is 11.9. The van der Waals surface area contributed by atoms with Crippen LogP contribution in [-0.2, 0) is 0 Å². The average molecular weight is 357 g/mol. The van der Waals surface area contributed by atoms with Crippen molar-refractivity contribution in [3.05, 3.63) is 96.8 Å². The van der Waals surface area contributed by atoms with Gasteiger partial charge in [0, 0.05) is 23.6 Å². The molecule has 0 aliphatic carbocycles. The second kappa shape index (κ2) is 7.29. The summed E-state index contributed by atoms with van der Waals surface area (Å²) in [6.07, 6.45) is 7.09. The summed E-state index contributed by atoms with van der Waals surface area (Å²) in [5.74, 6) is -0.0955. The van der Waals surface area contributed by atoms with Crippen LogP contribution in [0.1, 0.15) is 28.9 Å². The van der Waals surface area contributed by atoms with Gasteiger partial charge in [0.15, 0.2) is 0 Å². The third kappa shape index (κ3) is 3.64. The van der Waals surface area contributed by atoms with E-state index in [0.717, 1.165) is 16.9 Å². The third-order valence-electron chi connectivity index (χ3n) is 4.46. The highest BCUT2D eigenvalue weighted by Gasteiger charge is 2.12. The van der Waals surface area contributed by atoms with Gasteiger partial charge in [0.05, 0.1) is 11.7 Å². The summed E-state index contributed by atoms with van der Waals surface area (Å²) in [7, 11) is 0. The van der Waals surface area contributed by atoms with E-state index in [1.807, 2.05) is 84.5 Å². The van der Waals surface area contributed by atoms with Crippen LogP contribution in [0.2, 0.25) is 0 Å². The van der Waals surface area contributed by atoms with Crippen molar-refractivity contribution >= 4 is 5.91 Å². The number of hydrogen-bond acceptors (Lipinski definition) is 3. The predicted octanol–water partition coefficient (Wildman–Crippen LogP) is 3.55. The van der Waals surface area contributed by atoms with Crippen LogP contribution in [0.25, 0.3) is 11.4 Å². The zero-order valence-electron chi connectivity index (χ0n) is 14.9. The summed E-state index contributed by atoms with van der Waals surface area (Å²) in [5, 5.41) is 7.15. The molecular weight excluding hydrogens is 338 g/mol. The van der Waals surface area contributed by atoms with Crippen molar-refractivity contribution in [3.8, 4) is 11.4 Å². The van der Waals surface area contributed by atoms with Crippen molar-refractivity contribution in [3.63, 3.8) is 0 Å². The highest BCUT2D eigenvalue weighted by atomic mass is 16.1. The number of nitrogens with one attached hydrogen (secondary N) is 1. The highest BCUT2D eigenvalue weighted by molar-refractivity contribution is 5.94. The van der Waals surface area contributed by atoms with E-state index in [4.69, 9.17) is 0 Å². The van der Waals surface area contributed by atoms with E-state index >= 15 is 0 Å². The lowest BCUT2D eigenvalue weighted by atomic mass is 10.1. The molecule has 2 aromatic heterocycles. The molecular formula is C21H19N5O. The molecule has 0 bridgehead atoms. The number of rotatable bonds is 5. The molecule has 6 heteroatoms. The summed E-state index contributed by atoms with van der Waals surface area (Å²) < 4.78 is 3.69. The molecule has 0 aliphatic heterocycles. The number of nitrogens with zero attached hydrogens (tertiary/aromatic N) is 4. The fourth-order valence-corrected chi connectivity index (χ4v) is 2.91. The van der Waals surface area contributed by atoms with Gasteiger partial charge in [0.2, 0.25) is 0 Å². The van der Waals surface area contributed by atoms with E-state index in [1.54, 1.807) is 11.0 Å². The molecule has 27 heavy (non-hydrogen) atoms. The van der Waals surface area contributed by atoms with Gasteiger partial charge < -0.3 is 9.88 Å². The largest absolute Gasteiger partial charge is 0.346 e. The first-order chi connectivity index (χ1) is 13.2. The van der Waals surface area contributed by atoms with Crippen LogP contribution >= 0.6 is 0 Å². The molecule has 4 rings (SSSR count). The first kappa shape index (κ1) is 16.8. The van der Waals surface area contributed by atoms with Crippen molar-refractivity contribution in [2.45, 2.75) is 13.0 Å². The number of carbonyl (C=O) groups excluding carboxylic acids is 1. The fourth-order valence-electron chi connectivity index (χ4n) is 2.91. The minimum Gasteiger partial charge on any atom is -0.346 e. The van der Waals surface area contributed by atoms with Gasteiger partial charge >= 0.3 is 0 Å². The van der Waals surface area contributed by atoms with E-state index in [2.05, 4.69) is 15.4 Å². The predicted molar refractivity (Wildman–Crippen MR) is 103 cm³/mol. The van der Waals surface area contributed by atoms with E-state index in [-0.39, 0.29) is 11.9 Å². The molecule has 0 fully saturated rings. The quantitative estimate of drug-likeness (QED) is 0.594. The standard InChI is InChI=1S/C21H19N5O/c1-16(17-4-10-20(11-5-17)26-15-22-14-23-26)24-21(27)18-6-8-19(9-7-18)25-12-2-3-13-25/h2-16H,1H3,(H,24,27)/t16-/m1/s1. The van der Waals surface area contributed by atoms with Crippen molar-refractivity contribution in [1.82, 2.24) is 24.6 Å². The molecule has 6 nitrogen and oxygen atoms in total. The molecule has 0 unspecified atom stereocenters. The maximum Gasteiger partial charge on any atom is 0.251 e. The zero-order chi connectivity index (χ0) is 18.6. The number of hydrogen-bond donors (Lipinski definition) is 1. The zero-order valence-corrected chi connectivity index (χ0v) is 14.9. The number of benzene rings is 2.